The molecule has 1 aromatic carbocycles. The number of benzene rings is 1. The minimum Gasteiger partial charge on any atom is -0.299 e. The summed E-state index contributed by atoms with van der Waals surface area (Å²) in [7, 11) is 0. The van der Waals surface area contributed by atoms with E-state index in [1.165, 1.54) is 18.4 Å². The Kier molecular flexibility index (Phi) is 3.66. The lowest BCUT2D eigenvalue weighted by Crippen LogP contribution is -2.26. The fraction of sp³-hybridized carbons (Fsp3) is 0.562. The lowest BCUT2D eigenvalue weighted by atomic mass is 9.78. The Hall–Kier alpha value is -1.11. The molecule has 0 heterocycles. The number of hydrogen-bond acceptors (Lipinski definition) is 1. The fourth-order valence-electron chi connectivity index (χ4n) is 3.01. The quantitative estimate of drug-likeness (QED) is 0.763. The molecule has 0 N–H and O–H groups in total. The van der Waals surface area contributed by atoms with Crippen LogP contribution in [0, 0.1) is 11.3 Å². The molecule has 1 aromatic rings. The number of hydrogen-bond donors (Lipinski definition) is 0. The van der Waals surface area contributed by atoms with Gasteiger partial charge in [0.15, 0.2) is 0 Å². The van der Waals surface area contributed by atoms with E-state index in [0.29, 0.717) is 18.1 Å². The van der Waals surface area contributed by atoms with Gasteiger partial charge in [0, 0.05) is 12.3 Å². The van der Waals surface area contributed by atoms with Crippen LogP contribution in [0.1, 0.15) is 45.1 Å². The molecule has 1 saturated carbocycles. The number of carbonyl (C=O) groups is 1. The van der Waals surface area contributed by atoms with Crippen molar-refractivity contribution in [3.8, 4) is 0 Å². The predicted molar refractivity (Wildman–Crippen MR) is 70.9 cm³/mol. The van der Waals surface area contributed by atoms with Crippen LogP contribution >= 0.6 is 0 Å². The molecule has 0 spiro atoms. The van der Waals surface area contributed by atoms with Gasteiger partial charge in [-0.05, 0) is 30.2 Å². The average molecular weight is 230 g/mol. The van der Waals surface area contributed by atoms with E-state index in [1.807, 2.05) is 18.2 Å². The molecule has 17 heavy (non-hydrogen) atoms. The summed E-state index contributed by atoms with van der Waals surface area (Å²) < 4.78 is 0. The standard InChI is InChI=1S/C16H22O/c1-16(2)12-6-9-14(16)15(17)11-10-13-7-4-3-5-8-13/h3-5,7-8,14H,6,9-12H2,1-2H3. The number of Topliss-reactive ketones (excluding diaryl/α,β-unsaturated/α-hetero) is 1. The van der Waals surface area contributed by atoms with Gasteiger partial charge in [-0.2, -0.15) is 0 Å². The van der Waals surface area contributed by atoms with Gasteiger partial charge in [-0.1, -0.05) is 50.6 Å². The summed E-state index contributed by atoms with van der Waals surface area (Å²) in [4.78, 5) is 12.2. The van der Waals surface area contributed by atoms with E-state index in [2.05, 4.69) is 26.0 Å². The first kappa shape index (κ1) is 12.3. The Morgan fingerprint density at radius 3 is 2.59 bits per heavy atom. The van der Waals surface area contributed by atoms with E-state index >= 15 is 0 Å². The number of aryl methyl sites for hydroxylation is 1. The summed E-state index contributed by atoms with van der Waals surface area (Å²) in [5.41, 5.74) is 1.50. The lowest BCUT2D eigenvalue weighted by molar-refractivity contribution is -0.125. The molecule has 1 heteroatoms. The lowest BCUT2D eigenvalue weighted by Gasteiger charge is -2.25. The van der Waals surface area contributed by atoms with Gasteiger partial charge in [0.05, 0.1) is 0 Å². The highest BCUT2D eigenvalue weighted by molar-refractivity contribution is 5.82. The molecule has 1 atom stereocenters. The van der Waals surface area contributed by atoms with Gasteiger partial charge >= 0.3 is 0 Å². The highest BCUT2D eigenvalue weighted by Gasteiger charge is 2.38. The van der Waals surface area contributed by atoms with Crippen molar-refractivity contribution in [3.63, 3.8) is 0 Å². The summed E-state index contributed by atoms with van der Waals surface area (Å²) in [5, 5.41) is 0. The monoisotopic (exact) mass is 230 g/mol. The number of ketones is 1. The van der Waals surface area contributed by atoms with Gasteiger partial charge < -0.3 is 0 Å². The maximum Gasteiger partial charge on any atom is 0.136 e. The summed E-state index contributed by atoms with van der Waals surface area (Å²) in [6, 6.07) is 10.3. The third kappa shape index (κ3) is 2.96. The first-order chi connectivity index (χ1) is 8.09. The zero-order valence-corrected chi connectivity index (χ0v) is 10.9. The molecule has 0 aromatic heterocycles. The zero-order chi connectivity index (χ0) is 12.3. The van der Waals surface area contributed by atoms with Crippen LogP contribution in [0.4, 0.5) is 0 Å². The van der Waals surface area contributed by atoms with Crippen molar-refractivity contribution in [2.75, 3.05) is 0 Å². The minimum absolute atomic E-state index is 0.230. The summed E-state index contributed by atoms with van der Waals surface area (Å²) >= 11 is 0. The SMILES string of the molecule is CC1(C)CCCC1C(=O)CCc1ccccc1. The Balaban J connectivity index is 1.90. The van der Waals surface area contributed by atoms with Crippen LogP contribution < -0.4 is 0 Å². The molecule has 0 saturated heterocycles. The molecule has 0 aliphatic heterocycles. The Labute approximate surface area is 104 Å². The Bertz CT molecular complexity index is 378. The minimum atomic E-state index is 0.230. The smallest absolute Gasteiger partial charge is 0.136 e. The van der Waals surface area contributed by atoms with Crippen molar-refractivity contribution in [2.24, 2.45) is 11.3 Å². The third-order valence-electron chi connectivity index (χ3n) is 4.15. The van der Waals surface area contributed by atoms with Crippen LogP contribution in [-0.4, -0.2) is 5.78 Å². The van der Waals surface area contributed by atoms with Gasteiger partial charge in [-0.15, -0.1) is 0 Å². The number of rotatable bonds is 4. The topological polar surface area (TPSA) is 17.1 Å². The molecule has 0 amide bonds. The molecule has 92 valence electrons. The second-order valence-corrected chi connectivity index (χ2v) is 5.89. The van der Waals surface area contributed by atoms with Crippen LogP contribution in [0.15, 0.2) is 30.3 Å². The summed E-state index contributed by atoms with van der Waals surface area (Å²) in [5.74, 6) is 0.766. The molecule has 1 fully saturated rings. The van der Waals surface area contributed by atoms with E-state index in [4.69, 9.17) is 0 Å². The second-order valence-electron chi connectivity index (χ2n) is 5.89. The van der Waals surface area contributed by atoms with Crippen LogP contribution in [0.25, 0.3) is 0 Å². The predicted octanol–water partition coefficient (Wildman–Crippen LogP) is 4.01. The van der Waals surface area contributed by atoms with E-state index in [0.717, 1.165) is 12.8 Å². The highest BCUT2D eigenvalue weighted by atomic mass is 16.1. The summed E-state index contributed by atoms with van der Waals surface area (Å²) in [6.45, 7) is 4.48. The molecule has 1 aliphatic rings. The van der Waals surface area contributed by atoms with Crippen molar-refractivity contribution in [3.05, 3.63) is 35.9 Å². The molecule has 0 bridgehead atoms. The van der Waals surface area contributed by atoms with Gasteiger partial charge in [-0.3, -0.25) is 4.79 Å². The molecule has 1 aliphatic carbocycles. The van der Waals surface area contributed by atoms with Crippen LogP contribution in [0.5, 0.6) is 0 Å². The van der Waals surface area contributed by atoms with Crippen molar-refractivity contribution in [2.45, 2.75) is 46.0 Å². The normalized spacial score (nSPS) is 22.6. The van der Waals surface area contributed by atoms with Crippen LogP contribution in [0.3, 0.4) is 0 Å². The van der Waals surface area contributed by atoms with E-state index in [1.54, 1.807) is 0 Å². The first-order valence-corrected chi connectivity index (χ1v) is 6.66. The molecule has 0 radical (unpaired) electrons. The molecular weight excluding hydrogens is 208 g/mol. The van der Waals surface area contributed by atoms with Crippen molar-refractivity contribution >= 4 is 5.78 Å². The Morgan fingerprint density at radius 1 is 1.29 bits per heavy atom. The van der Waals surface area contributed by atoms with Crippen LogP contribution in [0.2, 0.25) is 0 Å². The maximum atomic E-state index is 12.2. The molecular formula is C16H22O. The number of carbonyl (C=O) groups excluding carboxylic acids is 1. The maximum absolute atomic E-state index is 12.2. The van der Waals surface area contributed by atoms with Crippen molar-refractivity contribution < 1.29 is 4.79 Å². The zero-order valence-electron chi connectivity index (χ0n) is 10.9. The second kappa shape index (κ2) is 5.03. The highest BCUT2D eigenvalue weighted by Crippen LogP contribution is 2.43. The third-order valence-corrected chi connectivity index (χ3v) is 4.15. The van der Waals surface area contributed by atoms with E-state index < -0.39 is 0 Å². The van der Waals surface area contributed by atoms with E-state index in [-0.39, 0.29) is 5.41 Å². The van der Waals surface area contributed by atoms with E-state index in [9.17, 15) is 4.79 Å². The largest absolute Gasteiger partial charge is 0.299 e. The van der Waals surface area contributed by atoms with Crippen LogP contribution in [-0.2, 0) is 11.2 Å². The van der Waals surface area contributed by atoms with Crippen molar-refractivity contribution in [1.82, 2.24) is 0 Å². The first-order valence-electron chi connectivity index (χ1n) is 6.66. The molecule has 1 unspecified atom stereocenters. The van der Waals surface area contributed by atoms with Crippen molar-refractivity contribution in [1.29, 1.82) is 0 Å². The molecule has 1 nitrogen and oxygen atoms in total. The average Bonchev–Trinajstić information content (AvgIpc) is 2.67. The van der Waals surface area contributed by atoms with Gasteiger partial charge in [0.1, 0.15) is 5.78 Å². The van der Waals surface area contributed by atoms with Gasteiger partial charge in [-0.25, -0.2) is 0 Å². The molecule has 2 rings (SSSR count). The Morgan fingerprint density at radius 2 is 2.00 bits per heavy atom. The van der Waals surface area contributed by atoms with Gasteiger partial charge in [0.25, 0.3) is 0 Å². The summed E-state index contributed by atoms with van der Waals surface area (Å²) in [6.07, 6.45) is 5.12. The van der Waals surface area contributed by atoms with Gasteiger partial charge in [0.2, 0.25) is 0 Å². The fourth-order valence-corrected chi connectivity index (χ4v) is 3.01.